The van der Waals surface area contributed by atoms with Gasteiger partial charge in [-0.25, -0.2) is 0 Å². The Bertz CT molecular complexity index is 1800. The Kier molecular flexibility index (Phi) is 10.8. The van der Waals surface area contributed by atoms with E-state index in [9.17, 15) is 0 Å². The van der Waals surface area contributed by atoms with Crippen molar-refractivity contribution in [1.82, 2.24) is 20.6 Å². The number of aromatic nitrogens is 2. The second-order valence-electron chi connectivity index (χ2n) is 12.2. The molecule has 2 N–H and O–H groups in total. The molecule has 2 aromatic carbocycles. The fraction of sp³-hybridized carbons (Fsp3) is 0.333. The second kappa shape index (κ2) is 15.0. The highest BCUT2D eigenvalue weighted by Gasteiger charge is 2.25. The SMILES string of the molecule is Brc1ccc2c(c1)CCc1cccnc1C2=C1CCNCC1.C.Clc1cc2c(cc1Cl)C(=C1CCNCC1)c1ncccc1CC2. The lowest BCUT2D eigenvalue weighted by atomic mass is 9.89. The number of aryl methyl sites for hydroxylation is 4. The number of hydrogen-bond acceptors (Lipinski definition) is 4. The lowest BCUT2D eigenvalue weighted by Gasteiger charge is -2.22. The maximum atomic E-state index is 6.34. The summed E-state index contributed by atoms with van der Waals surface area (Å²) in [5, 5.41) is 8.16. The number of hydrogen-bond donors (Lipinski definition) is 2. The lowest BCUT2D eigenvalue weighted by Crippen LogP contribution is -2.24. The third kappa shape index (κ3) is 6.90. The van der Waals surface area contributed by atoms with Crippen LogP contribution in [0.5, 0.6) is 0 Å². The number of benzene rings is 2. The predicted octanol–water partition coefficient (Wildman–Crippen LogP) is 9.44. The molecule has 0 amide bonds. The van der Waals surface area contributed by atoms with Gasteiger partial charge in [0.15, 0.2) is 0 Å². The van der Waals surface area contributed by atoms with Gasteiger partial charge in [-0.15, -0.1) is 0 Å². The van der Waals surface area contributed by atoms with Crippen molar-refractivity contribution in [3.8, 4) is 0 Å². The van der Waals surface area contributed by atoms with Crippen LogP contribution in [0.25, 0.3) is 11.1 Å². The van der Waals surface area contributed by atoms with Gasteiger partial charge in [0.05, 0.1) is 21.4 Å². The van der Waals surface area contributed by atoms with Crippen molar-refractivity contribution < 1.29 is 0 Å². The molecule has 0 unspecified atom stereocenters. The summed E-state index contributed by atoms with van der Waals surface area (Å²) in [6.45, 7) is 4.20. The molecular formula is C39H41BrCl2N4. The third-order valence-corrected chi connectivity index (χ3v) is 10.7. The third-order valence-electron chi connectivity index (χ3n) is 9.46. The highest BCUT2D eigenvalue weighted by Crippen LogP contribution is 2.40. The minimum absolute atomic E-state index is 0. The first-order valence-electron chi connectivity index (χ1n) is 16.1. The number of nitrogens with zero attached hydrogens (tertiary/aromatic N) is 2. The molecule has 0 spiro atoms. The minimum Gasteiger partial charge on any atom is -0.316 e. The molecule has 46 heavy (non-hydrogen) atoms. The molecule has 2 aromatic heterocycles. The monoisotopic (exact) mass is 714 g/mol. The smallest absolute Gasteiger partial charge is 0.0739 e. The Labute approximate surface area is 291 Å². The van der Waals surface area contributed by atoms with E-state index in [1.165, 1.54) is 60.3 Å². The quantitative estimate of drug-likeness (QED) is 0.191. The van der Waals surface area contributed by atoms with Crippen molar-refractivity contribution in [3.63, 3.8) is 0 Å². The highest BCUT2D eigenvalue weighted by atomic mass is 79.9. The maximum absolute atomic E-state index is 6.34. The molecule has 4 aromatic rings. The van der Waals surface area contributed by atoms with Gasteiger partial charge in [0.25, 0.3) is 0 Å². The maximum Gasteiger partial charge on any atom is 0.0739 e. The van der Waals surface area contributed by atoms with E-state index in [4.69, 9.17) is 33.2 Å². The van der Waals surface area contributed by atoms with Crippen LogP contribution >= 0.6 is 39.1 Å². The number of halogens is 3. The number of fused-ring (bicyclic) bond motifs is 4. The first-order valence-corrected chi connectivity index (χ1v) is 17.6. The van der Waals surface area contributed by atoms with Crippen LogP contribution in [0.1, 0.15) is 77.9 Å². The summed E-state index contributed by atoms with van der Waals surface area (Å²) in [5.41, 5.74) is 16.1. The molecule has 0 saturated carbocycles. The summed E-state index contributed by atoms with van der Waals surface area (Å²) >= 11 is 16.2. The standard InChI is InChI=1S/C19H19BrN2.C19H18Cl2N2.CH4/c20-16-5-6-17-15(12-16)4-3-14-2-1-9-22-19(14)18(17)13-7-10-21-11-8-13;20-16-10-14-4-3-13-2-1-7-23-19(13)18(15(14)11-17(16)21)12-5-8-22-9-6-12;/h1-2,5-6,9,12,21H,3-4,7-8,10-11H2;1-2,7,10-11,22H,3-6,8-9H2;1H4. The molecule has 238 valence electrons. The molecular weight excluding hydrogens is 675 g/mol. The highest BCUT2D eigenvalue weighted by molar-refractivity contribution is 9.10. The summed E-state index contributed by atoms with van der Waals surface area (Å²) in [7, 11) is 0. The number of pyridine rings is 2. The van der Waals surface area contributed by atoms with E-state index in [0.29, 0.717) is 10.0 Å². The largest absolute Gasteiger partial charge is 0.316 e. The molecule has 8 rings (SSSR count). The van der Waals surface area contributed by atoms with E-state index >= 15 is 0 Å². The Balaban J connectivity index is 0.000000158. The average Bonchev–Trinajstić information content (AvgIpc) is 3.34. The van der Waals surface area contributed by atoms with Crippen molar-refractivity contribution in [1.29, 1.82) is 0 Å². The van der Waals surface area contributed by atoms with E-state index < -0.39 is 0 Å². The first-order chi connectivity index (χ1) is 22.1. The van der Waals surface area contributed by atoms with E-state index in [2.05, 4.69) is 63.0 Å². The Hall–Kier alpha value is -2.80. The van der Waals surface area contributed by atoms with Crippen molar-refractivity contribution >= 4 is 50.3 Å². The zero-order valence-electron chi connectivity index (χ0n) is 25.4. The van der Waals surface area contributed by atoms with Gasteiger partial charge in [0.1, 0.15) is 0 Å². The number of nitrogens with one attached hydrogen (secondary N) is 2. The molecule has 2 aliphatic heterocycles. The van der Waals surface area contributed by atoms with Gasteiger partial charge in [0, 0.05) is 28.0 Å². The summed E-state index contributed by atoms with van der Waals surface area (Å²) in [6, 6.07) is 19.3. The molecule has 0 radical (unpaired) electrons. The molecule has 4 aliphatic rings. The molecule has 7 heteroatoms. The summed E-state index contributed by atoms with van der Waals surface area (Å²) in [4.78, 5) is 9.50. The van der Waals surface area contributed by atoms with Gasteiger partial charge in [-0.05, 0) is 147 Å². The molecule has 0 atom stereocenters. The van der Waals surface area contributed by atoms with Crippen LogP contribution in [0, 0.1) is 0 Å². The van der Waals surface area contributed by atoms with Crippen molar-refractivity contribution in [3.05, 3.63) is 137 Å². The number of piperidine rings is 2. The summed E-state index contributed by atoms with van der Waals surface area (Å²) in [5.74, 6) is 0. The molecule has 2 saturated heterocycles. The van der Waals surface area contributed by atoms with Crippen LogP contribution in [0.4, 0.5) is 0 Å². The molecule has 4 heterocycles. The van der Waals surface area contributed by atoms with E-state index in [1.54, 1.807) is 5.57 Å². The van der Waals surface area contributed by atoms with Crippen molar-refractivity contribution in [2.45, 2.75) is 58.8 Å². The average molecular weight is 717 g/mol. The van der Waals surface area contributed by atoms with E-state index in [1.807, 2.05) is 30.6 Å². The molecule has 0 bridgehead atoms. The van der Waals surface area contributed by atoms with Gasteiger partial charge >= 0.3 is 0 Å². The lowest BCUT2D eigenvalue weighted by molar-refractivity contribution is 0.611. The zero-order chi connectivity index (χ0) is 30.8. The predicted molar refractivity (Wildman–Crippen MR) is 197 cm³/mol. The Morgan fingerprint density at radius 1 is 0.543 bits per heavy atom. The van der Waals surface area contributed by atoms with Crippen LogP contribution < -0.4 is 10.6 Å². The van der Waals surface area contributed by atoms with Crippen LogP contribution in [0.2, 0.25) is 10.0 Å². The number of rotatable bonds is 0. The topological polar surface area (TPSA) is 49.8 Å². The Morgan fingerprint density at radius 3 is 1.59 bits per heavy atom. The van der Waals surface area contributed by atoms with Crippen LogP contribution in [-0.4, -0.2) is 36.1 Å². The van der Waals surface area contributed by atoms with Gasteiger partial charge < -0.3 is 10.6 Å². The molecule has 2 fully saturated rings. The summed E-state index contributed by atoms with van der Waals surface area (Å²) < 4.78 is 1.17. The minimum atomic E-state index is 0. The normalized spacial score (nSPS) is 17.2. The fourth-order valence-electron chi connectivity index (χ4n) is 7.24. The van der Waals surface area contributed by atoms with Crippen molar-refractivity contribution in [2.75, 3.05) is 26.2 Å². The van der Waals surface area contributed by atoms with Gasteiger partial charge in [-0.3, -0.25) is 9.97 Å². The fourth-order valence-corrected chi connectivity index (χ4v) is 8.00. The van der Waals surface area contributed by atoms with Crippen LogP contribution in [0.15, 0.2) is 82.6 Å². The summed E-state index contributed by atoms with van der Waals surface area (Å²) in [6.07, 6.45) is 12.3. The van der Waals surface area contributed by atoms with Gasteiger partial charge in [-0.2, -0.15) is 0 Å². The zero-order valence-corrected chi connectivity index (χ0v) is 28.5. The van der Waals surface area contributed by atoms with Crippen molar-refractivity contribution in [2.24, 2.45) is 0 Å². The second-order valence-corrected chi connectivity index (χ2v) is 13.9. The van der Waals surface area contributed by atoms with E-state index in [0.717, 1.165) is 83.2 Å². The Morgan fingerprint density at radius 2 is 1.02 bits per heavy atom. The molecule has 2 aliphatic carbocycles. The van der Waals surface area contributed by atoms with Crippen LogP contribution in [-0.2, 0) is 25.7 Å². The van der Waals surface area contributed by atoms with Gasteiger partial charge in [0.2, 0.25) is 0 Å². The van der Waals surface area contributed by atoms with Crippen LogP contribution in [0.3, 0.4) is 0 Å². The first kappa shape index (κ1) is 33.1. The van der Waals surface area contributed by atoms with E-state index in [-0.39, 0.29) is 7.43 Å². The van der Waals surface area contributed by atoms with Gasteiger partial charge in [-0.1, -0.05) is 75.9 Å². The molecule has 4 nitrogen and oxygen atoms in total.